The van der Waals surface area contributed by atoms with Gasteiger partial charge in [0.1, 0.15) is 0 Å². The molecule has 1 unspecified atom stereocenters. The van der Waals surface area contributed by atoms with E-state index in [4.69, 9.17) is 16.3 Å². The summed E-state index contributed by atoms with van der Waals surface area (Å²) < 4.78 is 5.09. The molecule has 1 aliphatic rings. The summed E-state index contributed by atoms with van der Waals surface area (Å²) in [5.41, 5.74) is 0.631. The zero-order chi connectivity index (χ0) is 15.1. The third kappa shape index (κ3) is 4.88. The van der Waals surface area contributed by atoms with Crippen molar-refractivity contribution < 1.29 is 9.53 Å². The topological polar surface area (TPSA) is 53.6 Å². The summed E-state index contributed by atoms with van der Waals surface area (Å²) in [5, 5.41) is 6.81. The van der Waals surface area contributed by atoms with Gasteiger partial charge in [0.05, 0.1) is 17.3 Å². The number of nitrogens with one attached hydrogen (secondary N) is 2. The average molecular weight is 312 g/mol. The van der Waals surface area contributed by atoms with Gasteiger partial charge in [0.15, 0.2) is 0 Å². The second kappa shape index (κ2) is 8.22. The molecule has 1 heterocycles. The fraction of sp³-hybridized carbons (Fsp3) is 0.533. The van der Waals surface area contributed by atoms with Gasteiger partial charge in [-0.1, -0.05) is 23.7 Å². The Balaban J connectivity index is 1.97. The summed E-state index contributed by atoms with van der Waals surface area (Å²) in [6, 6.07) is 7.45. The molecule has 1 aromatic rings. The maximum Gasteiger partial charge on any atom is 0.322 e. The Morgan fingerprint density at radius 2 is 2.33 bits per heavy atom. The lowest BCUT2D eigenvalue weighted by molar-refractivity contribution is 0.151. The molecule has 1 aromatic carbocycles. The number of hydrogen-bond donors (Lipinski definition) is 2. The summed E-state index contributed by atoms with van der Waals surface area (Å²) in [7, 11) is 1.64. The van der Waals surface area contributed by atoms with Crippen LogP contribution in [0, 0.1) is 0 Å². The van der Waals surface area contributed by atoms with Crippen molar-refractivity contribution in [2.75, 3.05) is 38.7 Å². The first-order chi connectivity index (χ1) is 10.2. The Labute approximate surface area is 130 Å². The van der Waals surface area contributed by atoms with Crippen LogP contribution in [-0.2, 0) is 4.74 Å². The second-order valence-corrected chi connectivity index (χ2v) is 5.55. The summed E-state index contributed by atoms with van der Waals surface area (Å²) in [6.07, 6.45) is 2.26. The maximum absolute atomic E-state index is 12.4. The molecule has 0 aliphatic carbocycles. The minimum atomic E-state index is -0.145. The molecular formula is C15H22ClN3O2. The fourth-order valence-electron chi connectivity index (χ4n) is 2.41. The highest BCUT2D eigenvalue weighted by molar-refractivity contribution is 6.33. The number of methoxy groups -OCH3 is 1. The van der Waals surface area contributed by atoms with E-state index in [1.54, 1.807) is 24.1 Å². The van der Waals surface area contributed by atoms with Gasteiger partial charge in [-0.3, -0.25) is 0 Å². The van der Waals surface area contributed by atoms with Gasteiger partial charge in [-0.15, -0.1) is 0 Å². The number of carbonyl (C=O) groups excluding carboxylic acids is 1. The lowest BCUT2D eigenvalue weighted by atomic mass is 10.2. The van der Waals surface area contributed by atoms with Crippen LogP contribution in [-0.4, -0.2) is 50.3 Å². The molecule has 1 fully saturated rings. The lowest BCUT2D eigenvalue weighted by Gasteiger charge is -2.26. The fourth-order valence-corrected chi connectivity index (χ4v) is 2.60. The number of rotatable bonds is 6. The van der Waals surface area contributed by atoms with Crippen molar-refractivity contribution in [3.8, 4) is 0 Å². The molecule has 0 radical (unpaired) electrons. The smallest absolute Gasteiger partial charge is 0.322 e. The average Bonchev–Trinajstić information content (AvgIpc) is 2.98. The van der Waals surface area contributed by atoms with Crippen LogP contribution in [0.2, 0.25) is 5.02 Å². The molecule has 5 nitrogen and oxygen atoms in total. The van der Waals surface area contributed by atoms with E-state index < -0.39 is 0 Å². The number of anilines is 1. The van der Waals surface area contributed by atoms with Crippen molar-refractivity contribution in [2.24, 2.45) is 0 Å². The number of benzene rings is 1. The van der Waals surface area contributed by atoms with Gasteiger partial charge < -0.3 is 20.3 Å². The number of hydrogen-bond acceptors (Lipinski definition) is 3. The molecule has 1 aliphatic heterocycles. The first-order valence-corrected chi connectivity index (χ1v) is 7.61. The summed E-state index contributed by atoms with van der Waals surface area (Å²) >= 11 is 6.08. The normalized spacial score (nSPS) is 17.7. The Kier molecular flexibility index (Phi) is 6.29. The van der Waals surface area contributed by atoms with Crippen LogP contribution in [0.1, 0.15) is 12.8 Å². The molecule has 0 spiro atoms. The van der Waals surface area contributed by atoms with Gasteiger partial charge in [-0.25, -0.2) is 4.79 Å². The summed E-state index contributed by atoms with van der Waals surface area (Å²) in [6.45, 7) is 2.78. The third-order valence-corrected chi connectivity index (χ3v) is 3.90. The van der Waals surface area contributed by atoms with Crippen LogP contribution in [0.25, 0.3) is 0 Å². The Hall–Kier alpha value is -1.30. The van der Waals surface area contributed by atoms with Crippen LogP contribution in [0.4, 0.5) is 10.5 Å². The van der Waals surface area contributed by atoms with E-state index in [1.165, 1.54) is 0 Å². The van der Waals surface area contributed by atoms with Gasteiger partial charge in [-0.05, 0) is 31.5 Å². The minimum absolute atomic E-state index is 0.145. The molecule has 0 aromatic heterocycles. The molecule has 0 bridgehead atoms. The van der Waals surface area contributed by atoms with E-state index in [-0.39, 0.29) is 6.03 Å². The predicted octanol–water partition coefficient (Wildman–Crippen LogP) is 2.57. The highest BCUT2D eigenvalue weighted by Crippen LogP contribution is 2.21. The number of halogens is 1. The molecule has 2 N–H and O–H groups in total. The Bertz CT molecular complexity index is 464. The van der Waals surface area contributed by atoms with E-state index in [0.717, 1.165) is 19.4 Å². The maximum atomic E-state index is 12.4. The first-order valence-electron chi connectivity index (χ1n) is 7.23. The number of urea groups is 1. The quantitative estimate of drug-likeness (QED) is 0.849. The summed E-state index contributed by atoms with van der Waals surface area (Å²) in [4.78, 5) is 14.2. The lowest BCUT2D eigenvalue weighted by Crippen LogP contribution is -2.44. The SMILES string of the molecule is COCCN(CC1CCCN1)C(=O)Nc1ccccc1Cl. The predicted molar refractivity (Wildman–Crippen MR) is 84.9 cm³/mol. The number of carbonyl (C=O) groups is 1. The highest BCUT2D eigenvalue weighted by Gasteiger charge is 2.21. The first kappa shape index (κ1) is 16.1. The van der Waals surface area contributed by atoms with Crippen molar-refractivity contribution in [3.63, 3.8) is 0 Å². The molecule has 1 atom stereocenters. The van der Waals surface area contributed by atoms with Crippen molar-refractivity contribution in [1.29, 1.82) is 0 Å². The zero-order valence-corrected chi connectivity index (χ0v) is 13.0. The molecule has 2 rings (SSSR count). The van der Waals surface area contributed by atoms with Gasteiger partial charge in [0.2, 0.25) is 0 Å². The van der Waals surface area contributed by atoms with Crippen LogP contribution in [0.15, 0.2) is 24.3 Å². The van der Waals surface area contributed by atoms with E-state index in [2.05, 4.69) is 10.6 Å². The van der Waals surface area contributed by atoms with E-state index in [1.807, 2.05) is 12.1 Å². The van der Waals surface area contributed by atoms with Gasteiger partial charge in [-0.2, -0.15) is 0 Å². The zero-order valence-electron chi connectivity index (χ0n) is 12.3. The monoisotopic (exact) mass is 311 g/mol. The molecule has 1 saturated heterocycles. The molecule has 2 amide bonds. The molecule has 6 heteroatoms. The molecule has 116 valence electrons. The molecule has 0 saturated carbocycles. The van der Waals surface area contributed by atoms with Gasteiger partial charge in [0.25, 0.3) is 0 Å². The van der Waals surface area contributed by atoms with Crippen LogP contribution >= 0.6 is 11.6 Å². The van der Waals surface area contributed by atoms with Crippen molar-refractivity contribution in [3.05, 3.63) is 29.3 Å². The van der Waals surface area contributed by atoms with Gasteiger partial charge in [0, 0.05) is 26.2 Å². The van der Waals surface area contributed by atoms with E-state index >= 15 is 0 Å². The van der Waals surface area contributed by atoms with Crippen LogP contribution in [0.5, 0.6) is 0 Å². The van der Waals surface area contributed by atoms with E-state index in [9.17, 15) is 4.79 Å². The second-order valence-electron chi connectivity index (χ2n) is 5.14. The summed E-state index contributed by atoms with van der Waals surface area (Å²) in [5.74, 6) is 0. The van der Waals surface area contributed by atoms with E-state index in [0.29, 0.717) is 36.4 Å². The minimum Gasteiger partial charge on any atom is -0.383 e. The Morgan fingerprint density at radius 1 is 1.52 bits per heavy atom. The number of ether oxygens (including phenoxy) is 1. The number of amides is 2. The molecule has 21 heavy (non-hydrogen) atoms. The van der Waals surface area contributed by atoms with Crippen molar-refractivity contribution >= 4 is 23.3 Å². The highest BCUT2D eigenvalue weighted by atomic mass is 35.5. The largest absolute Gasteiger partial charge is 0.383 e. The number of nitrogens with zero attached hydrogens (tertiary/aromatic N) is 1. The van der Waals surface area contributed by atoms with Crippen molar-refractivity contribution in [1.82, 2.24) is 10.2 Å². The third-order valence-electron chi connectivity index (χ3n) is 3.57. The van der Waals surface area contributed by atoms with Gasteiger partial charge >= 0.3 is 6.03 Å². The standard InChI is InChI=1S/C15H22ClN3O2/c1-21-10-9-19(11-12-5-4-8-17-12)15(20)18-14-7-3-2-6-13(14)16/h2-3,6-7,12,17H,4-5,8-11H2,1H3,(H,18,20). The van der Waals surface area contributed by atoms with Crippen LogP contribution in [0.3, 0.4) is 0 Å². The number of para-hydroxylation sites is 1. The van der Waals surface area contributed by atoms with Crippen molar-refractivity contribution in [2.45, 2.75) is 18.9 Å². The molecular weight excluding hydrogens is 290 g/mol. The Morgan fingerprint density at radius 3 is 3.00 bits per heavy atom. The van der Waals surface area contributed by atoms with Crippen LogP contribution < -0.4 is 10.6 Å².